The molecule has 0 saturated carbocycles. The number of nitrogens with zero attached hydrogens (tertiary/aromatic N) is 2. The van der Waals surface area contributed by atoms with E-state index < -0.39 is 83.0 Å². The molecule has 59 heavy (non-hydrogen) atoms. The first-order valence-corrected chi connectivity index (χ1v) is 19.0. The van der Waals surface area contributed by atoms with E-state index in [1.807, 2.05) is 0 Å². The zero-order valence-electron chi connectivity index (χ0n) is 34.7. The van der Waals surface area contributed by atoms with Crippen molar-refractivity contribution in [3.05, 3.63) is 58.7 Å². The van der Waals surface area contributed by atoms with Crippen LogP contribution in [-0.2, 0) is 38.0 Å². The zero-order chi connectivity index (χ0) is 43.7. The summed E-state index contributed by atoms with van der Waals surface area (Å²) in [4.78, 5) is 109. The van der Waals surface area contributed by atoms with E-state index in [2.05, 4.69) is 0 Å². The van der Waals surface area contributed by atoms with E-state index in [1.165, 1.54) is 50.6 Å². The molecule has 17 nitrogen and oxygen atoms in total. The lowest BCUT2D eigenvalue weighted by molar-refractivity contribution is -0.122. The van der Waals surface area contributed by atoms with Crippen LogP contribution in [0.5, 0.6) is 11.5 Å². The van der Waals surface area contributed by atoms with Gasteiger partial charge in [0, 0.05) is 49.6 Å². The fourth-order valence-electron chi connectivity index (χ4n) is 6.11. The average Bonchev–Trinajstić information content (AvgIpc) is 3.55. The first kappa shape index (κ1) is 46.3. The first-order valence-electron chi connectivity index (χ1n) is 19.0. The minimum atomic E-state index is -1.70. The number of ketones is 6. The summed E-state index contributed by atoms with van der Waals surface area (Å²) in [5.74, 6) is -7.89. The average molecular weight is 825 g/mol. The molecule has 0 aromatic heterocycles. The minimum Gasteiger partial charge on any atom is -0.457 e. The summed E-state index contributed by atoms with van der Waals surface area (Å²) < 4.78 is 37.6. The van der Waals surface area contributed by atoms with E-state index >= 15 is 0 Å². The van der Waals surface area contributed by atoms with Crippen LogP contribution in [0.1, 0.15) is 83.0 Å². The molecule has 0 saturated heterocycles. The third-order valence-electron chi connectivity index (χ3n) is 8.84. The smallest absolute Gasteiger partial charge is 0.410 e. The van der Waals surface area contributed by atoms with Crippen molar-refractivity contribution >= 4 is 46.9 Å². The molecule has 2 aliphatic rings. The van der Waals surface area contributed by atoms with Crippen LogP contribution >= 0.6 is 0 Å². The lowest BCUT2D eigenvalue weighted by Crippen LogP contribution is -2.44. The highest BCUT2D eigenvalue weighted by molar-refractivity contribution is 6.36. The molecule has 0 aliphatic heterocycles. The zero-order valence-corrected chi connectivity index (χ0v) is 34.7. The topological polar surface area (TPSA) is 208 Å². The Kier molecular flexibility index (Phi) is 15.8. The number of rotatable bonds is 20. The van der Waals surface area contributed by atoms with E-state index in [4.69, 9.17) is 33.2 Å². The first-order chi connectivity index (χ1) is 27.8. The van der Waals surface area contributed by atoms with Crippen LogP contribution in [0.2, 0.25) is 0 Å². The second kappa shape index (κ2) is 20.1. The second-order valence-electron chi connectivity index (χ2n) is 15.8. The van der Waals surface area contributed by atoms with E-state index in [9.17, 15) is 38.4 Å². The molecule has 4 rings (SSSR count). The maximum Gasteiger partial charge on any atom is 0.410 e. The summed E-state index contributed by atoms with van der Waals surface area (Å²) >= 11 is 0. The number of carbonyl (C=O) groups is 8. The van der Waals surface area contributed by atoms with Gasteiger partial charge < -0.3 is 33.2 Å². The molecule has 0 spiro atoms. The Morgan fingerprint density at radius 3 is 1.22 bits per heavy atom. The van der Waals surface area contributed by atoms with Crippen LogP contribution in [0.3, 0.4) is 0 Å². The van der Waals surface area contributed by atoms with Crippen LogP contribution in [-0.4, -0.2) is 148 Å². The summed E-state index contributed by atoms with van der Waals surface area (Å²) in [6, 6.07) is 8.05. The Hall–Kier alpha value is -5.36. The summed E-state index contributed by atoms with van der Waals surface area (Å²) in [5.41, 5.74) is -1.93. The molecular formula is C42H52N2O15. The maximum absolute atomic E-state index is 13.6. The van der Waals surface area contributed by atoms with E-state index in [-0.39, 0.29) is 73.3 Å². The third kappa shape index (κ3) is 12.3. The Bertz CT molecular complexity index is 1810. The number of methoxy groups -OCH3 is 2. The summed E-state index contributed by atoms with van der Waals surface area (Å²) in [7, 11) is 3.01. The third-order valence-corrected chi connectivity index (χ3v) is 8.84. The van der Waals surface area contributed by atoms with Gasteiger partial charge in [0.25, 0.3) is 0 Å². The van der Waals surface area contributed by atoms with Crippen LogP contribution in [0.15, 0.2) is 36.4 Å². The van der Waals surface area contributed by atoms with Crippen LogP contribution in [0, 0.1) is 11.8 Å². The largest absolute Gasteiger partial charge is 0.457 e. The van der Waals surface area contributed by atoms with E-state index in [0.29, 0.717) is 13.2 Å². The number of hydrogen-bond donors (Lipinski definition) is 0. The normalized spacial score (nSPS) is 16.1. The molecule has 2 aromatic rings. The quantitative estimate of drug-likeness (QED) is 0.134. The Labute approximate surface area is 342 Å². The maximum atomic E-state index is 13.6. The Morgan fingerprint density at radius 1 is 0.525 bits per heavy atom. The van der Waals surface area contributed by atoms with Crippen LogP contribution < -0.4 is 4.74 Å². The second-order valence-corrected chi connectivity index (χ2v) is 15.8. The highest BCUT2D eigenvalue weighted by Gasteiger charge is 2.46. The molecule has 0 bridgehead atoms. The molecule has 17 heteroatoms. The van der Waals surface area contributed by atoms with Gasteiger partial charge in [-0.3, -0.25) is 38.6 Å². The van der Waals surface area contributed by atoms with Crippen molar-refractivity contribution in [3.63, 3.8) is 0 Å². The number of ether oxygens (including phenoxy) is 7. The summed E-state index contributed by atoms with van der Waals surface area (Å²) in [5, 5.41) is 0. The van der Waals surface area contributed by atoms with Crippen molar-refractivity contribution < 1.29 is 71.5 Å². The molecule has 0 N–H and O–H groups in total. The van der Waals surface area contributed by atoms with Crippen molar-refractivity contribution in [2.45, 2.75) is 52.7 Å². The van der Waals surface area contributed by atoms with Gasteiger partial charge in [-0.25, -0.2) is 9.59 Å². The predicted molar refractivity (Wildman–Crippen MR) is 208 cm³/mol. The molecule has 0 radical (unpaired) electrons. The van der Waals surface area contributed by atoms with Gasteiger partial charge in [0.15, 0.2) is 34.7 Å². The van der Waals surface area contributed by atoms with Gasteiger partial charge in [-0.05, 0) is 77.9 Å². The predicted octanol–water partition coefficient (Wildman–Crippen LogP) is 4.41. The van der Waals surface area contributed by atoms with Crippen molar-refractivity contribution in [2.75, 3.05) is 80.0 Å². The van der Waals surface area contributed by atoms with E-state index in [1.54, 1.807) is 41.5 Å². The Morgan fingerprint density at radius 2 is 0.881 bits per heavy atom. The van der Waals surface area contributed by atoms with Crippen molar-refractivity contribution in [2.24, 2.45) is 11.8 Å². The van der Waals surface area contributed by atoms with E-state index in [0.717, 1.165) is 9.80 Å². The molecule has 0 heterocycles. The SMILES string of the molecule is COCCOCCN(CC(=O)C1C(=O)c2ccc(Oc3ccc4c(c3)C(=O)C(C(=O)CN(CCOCCOC)C(=O)OC(C)(C)C)C4=O)cc2C1=O)C(=O)OC(C)(C)C. The highest BCUT2D eigenvalue weighted by Crippen LogP contribution is 2.35. The van der Waals surface area contributed by atoms with Crippen LogP contribution in [0.25, 0.3) is 0 Å². The molecule has 2 aromatic carbocycles. The number of amides is 2. The molecule has 320 valence electrons. The molecule has 2 aliphatic carbocycles. The fraction of sp³-hybridized carbons (Fsp3) is 0.524. The van der Waals surface area contributed by atoms with Gasteiger partial charge in [0.1, 0.15) is 34.5 Å². The standard InChI is InChI=1S/C42H52N2O15/c1-41(2,3)58-39(51)43(13-15-55-19-17-53-7)23-31(45)33-35(47)27-11-9-25(21-29(27)37(33)49)57-26-10-12-28-30(22-26)38(50)34(36(28)48)32(46)24-44(14-16-56-20-18-54-8)40(52)59-42(4,5)6/h9-12,21-22,33-34H,13-20,23-24H2,1-8H3. The van der Waals surface area contributed by atoms with Crippen LogP contribution in [0.4, 0.5) is 9.59 Å². The summed E-state index contributed by atoms with van der Waals surface area (Å²) in [6.07, 6.45) is -1.64. The van der Waals surface area contributed by atoms with Gasteiger partial charge in [-0.2, -0.15) is 0 Å². The number of carbonyl (C=O) groups excluding carboxylic acids is 8. The lowest BCUT2D eigenvalue weighted by atomic mass is 9.98. The van der Waals surface area contributed by atoms with Crippen molar-refractivity contribution in [1.82, 2.24) is 9.80 Å². The molecule has 2 amide bonds. The van der Waals surface area contributed by atoms with Gasteiger partial charge in [-0.15, -0.1) is 0 Å². The van der Waals surface area contributed by atoms with Gasteiger partial charge in [0.2, 0.25) is 0 Å². The van der Waals surface area contributed by atoms with Crippen molar-refractivity contribution in [1.29, 1.82) is 0 Å². The molecule has 2 atom stereocenters. The fourth-order valence-corrected chi connectivity index (χ4v) is 6.11. The van der Waals surface area contributed by atoms with Gasteiger partial charge in [0.05, 0.1) is 52.7 Å². The van der Waals surface area contributed by atoms with Gasteiger partial charge >= 0.3 is 12.2 Å². The number of benzene rings is 2. The monoisotopic (exact) mass is 824 g/mol. The van der Waals surface area contributed by atoms with Crippen molar-refractivity contribution in [3.8, 4) is 11.5 Å². The Balaban J connectivity index is 1.46. The molecular weight excluding hydrogens is 772 g/mol. The van der Waals surface area contributed by atoms with Gasteiger partial charge in [-0.1, -0.05) is 0 Å². The molecule has 2 unspecified atom stereocenters. The number of fused-ring (bicyclic) bond motifs is 2. The number of Topliss-reactive ketones (excluding diaryl/α,β-unsaturated/α-hetero) is 6. The highest BCUT2D eigenvalue weighted by atomic mass is 16.6. The molecule has 0 fully saturated rings. The summed E-state index contributed by atoms with van der Waals surface area (Å²) in [6.45, 7) is 9.89. The minimum absolute atomic E-state index is 0.00883. The number of hydrogen-bond acceptors (Lipinski definition) is 15. The lowest BCUT2D eigenvalue weighted by Gasteiger charge is -2.27.